The van der Waals surface area contributed by atoms with E-state index in [2.05, 4.69) is 35.8 Å². The van der Waals surface area contributed by atoms with Crippen LogP contribution in [0, 0.1) is 0 Å². The number of rotatable bonds is 4. The zero-order valence-corrected chi connectivity index (χ0v) is 13.2. The number of anilines is 1. The van der Waals surface area contributed by atoms with Gasteiger partial charge in [-0.15, -0.1) is 0 Å². The normalized spacial score (nSPS) is 20.8. The lowest BCUT2D eigenvalue weighted by molar-refractivity contribution is 0.323. The van der Waals surface area contributed by atoms with E-state index in [0.29, 0.717) is 6.04 Å². The predicted octanol–water partition coefficient (Wildman–Crippen LogP) is 3.73. The van der Waals surface area contributed by atoms with Crippen molar-refractivity contribution in [2.24, 2.45) is 0 Å². The average molecular weight is 288 g/mol. The fourth-order valence-corrected chi connectivity index (χ4v) is 3.58. The van der Waals surface area contributed by atoms with E-state index in [9.17, 15) is 0 Å². The Balaban J connectivity index is 1.55. The Morgan fingerprint density at radius 1 is 1.24 bits per heavy atom. The summed E-state index contributed by atoms with van der Waals surface area (Å²) in [7, 11) is 0. The van der Waals surface area contributed by atoms with E-state index in [1.54, 1.807) is 0 Å². The largest absolute Gasteiger partial charge is 0.490 e. The van der Waals surface area contributed by atoms with Crippen LogP contribution in [0.5, 0.6) is 5.75 Å². The molecule has 1 aromatic carbocycles. The highest BCUT2D eigenvalue weighted by atomic mass is 16.5. The quantitative estimate of drug-likeness (QED) is 0.828. The van der Waals surface area contributed by atoms with Crippen molar-refractivity contribution in [3.05, 3.63) is 23.8 Å². The molecule has 3 nitrogen and oxygen atoms in total. The Bertz CT molecular complexity index is 453. The van der Waals surface area contributed by atoms with Crippen molar-refractivity contribution in [1.29, 1.82) is 0 Å². The van der Waals surface area contributed by atoms with Crippen molar-refractivity contribution in [1.82, 2.24) is 5.32 Å². The van der Waals surface area contributed by atoms with Crippen LogP contribution in [0.2, 0.25) is 0 Å². The molecule has 1 aliphatic carbocycles. The second-order valence-electron chi connectivity index (χ2n) is 6.57. The van der Waals surface area contributed by atoms with Gasteiger partial charge in [0.1, 0.15) is 12.4 Å². The minimum absolute atomic E-state index is 0.538. The first-order valence-electron chi connectivity index (χ1n) is 8.57. The lowest BCUT2D eigenvalue weighted by atomic mass is 10.0. The fourth-order valence-electron chi connectivity index (χ4n) is 3.58. The molecule has 0 bridgehead atoms. The smallest absolute Gasteiger partial charge is 0.142 e. The highest BCUT2D eigenvalue weighted by Crippen LogP contribution is 2.28. The molecule has 0 saturated heterocycles. The summed E-state index contributed by atoms with van der Waals surface area (Å²) in [4.78, 5) is 0. The topological polar surface area (TPSA) is 33.3 Å². The maximum absolute atomic E-state index is 5.64. The van der Waals surface area contributed by atoms with Crippen LogP contribution in [0.25, 0.3) is 0 Å². The predicted molar refractivity (Wildman–Crippen MR) is 88.2 cm³/mol. The van der Waals surface area contributed by atoms with Crippen LogP contribution < -0.4 is 15.4 Å². The molecule has 0 amide bonds. The first-order valence-corrected chi connectivity index (χ1v) is 8.57. The molecule has 2 aliphatic rings. The molecule has 1 aliphatic heterocycles. The van der Waals surface area contributed by atoms with Gasteiger partial charge < -0.3 is 15.4 Å². The molecule has 1 fully saturated rings. The van der Waals surface area contributed by atoms with Crippen molar-refractivity contribution in [3.8, 4) is 5.75 Å². The molecule has 1 aromatic rings. The van der Waals surface area contributed by atoms with Gasteiger partial charge in [0.25, 0.3) is 0 Å². The number of benzene rings is 1. The maximum atomic E-state index is 5.64. The second kappa shape index (κ2) is 7.17. The van der Waals surface area contributed by atoms with Crippen molar-refractivity contribution in [3.63, 3.8) is 0 Å². The molecule has 3 rings (SSSR count). The number of ether oxygens (including phenoxy) is 1. The van der Waals surface area contributed by atoms with Gasteiger partial charge in [0, 0.05) is 18.6 Å². The summed E-state index contributed by atoms with van der Waals surface area (Å²) in [6.07, 6.45) is 9.42. The van der Waals surface area contributed by atoms with Gasteiger partial charge in [0.2, 0.25) is 0 Å². The molecule has 0 radical (unpaired) electrons. The van der Waals surface area contributed by atoms with E-state index in [4.69, 9.17) is 4.74 Å². The highest BCUT2D eigenvalue weighted by molar-refractivity contribution is 5.59. The molecule has 1 unspecified atom stereocenters. The molecule has 2 N–H and O–H groups in total. The van der Waals surface area contributed by atoms with E-state index in [-0.39, 0.29) is 0 Å². The van der Waals surface area contributed by atoms with Crippen LogP contribution in [0.15, 0.2) is 18.2 Å². The molecule has 1 atom stereocenters. The average Bonchev–Trinajstić information content (AvgIpc) is 2.75. The van der Waals surface area contributed by atoms with E-state index < -0.39 is 0 Å². The van der Waals surface area contributed by atoms with Crippen LogP contribution in [0.3, 0.4) is 0 Å². The summed E-state index contributed by atoms with van der Waals surface area (Å²) in [6, 6.07) is 7.82. The standard InChI is InChI=1S/C18H28N2O/c1-14(20-16-6-4-2-3-5-7-16)12-15-8-9-18-17(13-15)19-10-11-21-18/h8-9,13-14,16,19-20H,2-7,10-12H2,1H3. The van der Waals surface area contributed by atoms with Crippen molar-refractivity contribution in [2.75, 3.05) is 18.5 Å². The van der Waals surface area contributed by atoms with Gasteiger partial charge in [-0.2, -0.15) is 0 Å². The Hall–Kier alpha value is -1.22. The van der Waals surface area contributed by atoms with Gasteiger partial charge >= 0.3 is 0 Å². The van der Waals surface area contributed by atoms with Gasteiger partial charge in [0.05, 0.1) is 5.69 Å². The van der Waals surface area contributed by atoms with Crippen LogP contribution in [0.1, 0.15) is 51.0 Å². The van der Waals surface area contributed by atoms with Crippen LogP contribution in [-0.2, 0) is 6.42 Å². The first-order chi connectivity index (χ1) is 10.3. The van der Waals surface area contributed by atoms with Crippen LogP contribution in [0.4, 0.5) is 5.69 Å². The SMILES string of the molecule is CC(Cc1ccc2c(c1)NCCO2)NC1CCCCCC1. The summed E-state index contributed by atoms with van der Waals surface area (Å²) in [5, 5.41) is 7.26. The zero-order valence-electron chi connectivity index (χ0n) is 13.2. The van der Waals surface area contributed by atoms with Crippen molar-refractivity contribution < 1.29 is 4.74 Å². The molecule has 116 valence electrons. The van der Waals surface area contributed by atoms with Gasteiger partial charge in [-0.05, 0) is 43.9 Å². The Morgan fingerprint density at radius 3 is 2.86 bits per heavy atom. The molecule has 0 aromatic heterocycles. The van der Waals surface area contributed by atoms with Crippen molar-refractivity contribution in [2.45, 2.75) is 64.0 Å². The van der Waals surface area contributed by atoms with Gasteiger partial charge in [-0.25, -0.2) is 0 Å². The lowest BCUT2D eigenvalue weighted by Crippen LogP contribution is -2.37. The highest BCUT2D eigenvalue weighted by Gasteiger charge is 2.16. The molecule has 1 heterocycles. The fraction of sp³-hybridized carbons (Fsp3) is 0.667. The maximum Gasteiger partial charge on any atom is 0.142 e. The summed E-state index contributed by atoms with van der Waals surface area (Å²) < 4.78 is 5.64. The van der Waals surface area contributed by atoms with Crippen LogP contribution in [-0.4, -0.2) is 25.2 Å². The molecule has 1 saturated carbocycles. The minimum Gasteiger partial charge on any atom is -0.490 e. The third-order valence-corrected chi connectivity index (χ3v) is 4.64. The molecule has 3 heteroatoms. The number of fused-ring (bicyclic) bond motifs is 1. The zero-order chi connectivity index (χ0) is 14.5. The molecule has 0 spiro atoms. The summed E-state index contributed by atoms with van der Waals surface area (Å²) in [6.45, 7) is 3.99. The Morgan fingerprint density at radius 2 is 2.05 bits per heavy atom. The minimum atomic E-state index is 0.538. The van der Waals surface area contributed by atoms with Crippen molar-refractivity contribution >= 4 is 5.69 Å². The van der Waals surface area contributed by atoms with E-state index in [1.807, 2.05) is 0 Å². The monoisotopic (exact) mass is 288 g/mol. The summed E-state index contributed by atoms with van der Waals surface area (Å²) >= 11 is 0. The first kappa shape index (κ1) is 14.7. The number of hydrogen-bond donors (Lipinski definition) is 2. The van der Waals surface area contributed by atoms with Gasteiger partial charge in [-0.1, -0.05) is 31.7 Å². The second-order valence-corrected chi connectivity index (χ2v) is 6.57. The molecular weight excluding hydrogens is 260 g/mol. The number of nitrogens with one attached hydrogen (secondary N) is 2. The lowest BCUT2D eigenvalue weighted by Gasteiger charge is -2.23. The third kappa shape index (κ3) is 4.13. The summed E-state index contributed by atoms with van der Waals surface area (Å²) in [5.74, 6) is 0.995. The van der Waals surface area contributed by atoms with E-state index in [1.165, 1.54) is 44.1 Å². The molecule has 21 heavy (non-hydrogen) atoms. The summed E-state index contributed by atoms with van der Waals surface area (Å²) in [5.41, 5.74) is 2.54. The molecular formula is C18H28N2O. The van der Waals surface area contributed by atoms with E-state index in [0.717, 1.165) is 37.1 Å². The van der Waals surface area contributed by atoms with Crippen LogP contribution >= 0.6 is 0 Å². The Kier molecular flexibility index (Phi) is 5.02. The third-order valence-electron chi connectivity index (χ3n) is 4.64. The van der Waals surface area contributed by atoms with Gasteiger partial charge in [-0.3, -0.25) is 0 Å². The number of hydrogen-bond acceptors (Lipinski definition) is 3. The van der Waals surface area contributed by atoms with Gasteiger partial charge in [0.15, 0.2) is 0 Å². The van der Waals surface area contributed by atoms with E-state index >= 15 is 0 Å². The Labute approximate surface area is 128 Å².